The fourth-order valence-corrected chi connectivity index (χ4v) is 2.34. The number of benzene rings is 1. The lowest BCUT2D eigenvalue weighted by Gasteiger charge is -2.17. The van der Waals surface area contributed by atoms with Crippen LogP contribution in [0, 0.1) is 20.8 Å². The molecule has 0 aliphatic carbocycles. The van der Waals surface area contributed by atoms with E-state index >= 15 is 0 Å². The van der Waals surface area contributed by atoms with Crippen LogP contribution < -0.4 is 4.74 Å². The molecule has 0 aliphatic rings. The number of ether oxygens (including phenoxy) is 1. The van der Waals surface area contributed by atoms with Crippen LogP contribution in [0.4, 0.5) is 13.2 Å². The summed E-state index contributed by atoms with van der Waals surface area (Å²) in [4.78, 5) is 11.2. The van der Waals surface area contributed by atoms with Crippen molar-refractivity contribution in [3.05, 3.63) is 45.6 Å². The minimum absolute atomic E-state index is 0.223. The van der Waals surface area contributed by atoms with Crippen molar-refractivity contribution in [1.82, 2.24) is 9.78 Å². The summed E-state index contributed by atoms with van der Waals surface area (Å²) < 4.78 is 43.3. The summed E-state index contributed by atoms with van der Waals surface area (Å²) in [6, 6.07) is 4.85. The summed E-state index contributed by atoms with van der Waals surface area (Å²) in [7, 11) is 0. The molecule has 0 spiro atoms. The van der Waals surface area contributed by atoms with Gasteiger partial charge in [-0.05, 0) is 44.9 Å². The highest BCUT2D eigenvalue weighted by Crippen LogP contribution is 2.31. The van der Waals surface area contributed by atoms with Gasteiger partial charge < -0.3 is 4.74 Å². The van der Waals surface area contributed by atoms with Gasteiger partial charge in [0.2, 0.25) is 5.88 Å². The van der Waals surface area contributed by atoms with Crippen molar-refractivity contribution >= 4 is 17.6 Å². The molecule has 0 radical (unpaired) electrons. The first kappa shape index (κ1) is 18.3. The number of rotatable bonds is 3. The highest BCUT2D eigenvalue weighted by molar-refractivity contribution is 6.31. The monoisotopic (exact) mass is 360 g/mol. The van der Waals surface area contributed by atoms with Crippen molar-refractivity contribution in [2.45, 2.75) is 39.9 Å². The summed E-state index contributed by atoms with van der Waals surface area (Å²) in [6.45, 7) is 6.76. The van der Waals surface area contributed by atoms with Crippen LogP contribution in [0.5, 0.6) is 5.88 Å². The third kappa shape index (κ3) is 3.56. The predicted molar refractivity (Wildman–Crippen MR) is 83.4 cm³/mol. The molecule has 0 saturated heterocycles. The van der Waals surface area contributed by atoms with Gasteiger partial charge in [-0.1, -0.05) is 23.7 Å². The SMILES string of the molecule is Cc1ccc(C(C)n2nc(C)c(C)c2OC(=O)C(F)(F)F)cc1Cl. The van der Waals surface area contributed by atoms with Crippen molar-refractivity contribution in [2.24, 2.45) is 0 Å². The number of aryl methyl sites for hydroxylation is 2. The number of carbonyl (C=O) groups excluding carboxylic acids is 1. The van der Waals surface area contributed by atoms with Gasteiger partial charge in [0, 0.05) is 10.6 Å². The van der Waals surface area contributed by atoms with E-state index in [1.54, 1.807) is 39.0 Å². The first-order valence-electron chi connectivity index (χ1n) is 7.13. The van der Waals surface area contributed by atoms with E-state index in [0.29, 0.717) is 16.3 Å². The van der Waals surface area contributed by atoms with E-state index in [0.717, 1.165) is 11.1 Å². The Morgan fingerprint density at radius 3 is 2.46 bits per heavy atom. The minimum atomic E-state index is -5.08. The molecule has 0 saturated carbocycles. The fourth-order valence-electron chi connectivity index (χ4n) is 2.15. The molecule has 4 nitrogen and oxygen atoms in total. The molecule has 0 aliphatic heterocycles. The lowest BCUT2D eigenvalue weighted by atomic mass is 10.1. The predicted octanol–water partition coefficient (Wildman–Crippen LogP) is 4.54. The van der Waals surface area contributed by atoms with Crippen LogP contribution in [0.25, 0.3) is 0 Å². The average molecular weight is 361 g/mol. The molecule has 0 bridgehead atoms. The number of carbonyl (C=O) groups is 1. The third-order valence-corrected chi connectivity index (χ3v) is 4.20. The molecule has 0 fully saturated rings. The zero-order chi connectivity index (χ0) is 18.2. The number of nitrogens with zero attached hydrogens (tertiary/aromatic N) is 2. The summed E-state index contributed by atoms with van der Waals surface area (Å²) >= 11 is 6.10. The number of esters is 1. The first-order chi connectivity index (χ1) is 11.0. The van der Waals surface area contributed by atoms with E-state index in [2.05, 4.69) is 9.84 Å². The summed E-state index contributed by atoms with van der Waals surface area (Å²) in [5, 5.41) is 4.74. The molecule has 1 aromatic carbocycles. The molecule has 1 atom stereocenters. The Morgan fingerprint density at radius 2 is 1.92 bits per heavy atom. The molecule has 8 heteroatoms. The largest absolute Gasteiger partial charge is 0.491 e. The number of alkyl halides is 3. The summed E-state index contributed by atoms with van der Waals surface area (Å²) in [6.07, 6.45) is -5.08. The lowest BCUT2D eigenvalue weighted by molar-refractivity contribution is -0.190. The minimum Gasteiger partial charge on any atom is -0.401 e. The topological polar surface area (TPSA) is 44.1 Å². The van der Waals surface area contributed by atoms with Crippen LogP contribution in [0.1, 0.15) is 35.3 Å². The number of halogens is 4. The normalized spacial score (nSPS) is 13.0. The molecule has 1 unspecified atom stereocenters. The highest BCUT2D eigenvalue weighted by Gasteiger charge is 2.42. The third-order valence-electron chi connectivity index (χ3n) is 3.80. The van der Waals surface area contributed by atoms with Crippen molar-refractivity contribution in [2.75, 3.05) is 0 Å². The summed E-state index contributed by atoms with van der Waals surface area (Å²) in [5.41, 5.74) is 2.46. The molecular formula is C16H16ClF3N2O2. The van der Waals surface area contributed by atoms with Crippen LogP contribution in [0.2, 0.25) is 5.02 Å². The first-order valence-corrected chi connectivity index (χ1v) is 7.51. The molecule has 2 aromatic rings. The van der Waals surface area contributed by atoms with Crippen molar-refractivity contribution in [3.63, 3.8) is 0 Å². The van der Waals surface area contributed by atoms with Crippen molar-refractivity contribution < 1.29 is 22.7 Å². The maximum absolute atomic E-state index is 12.5. The Bertz CT molecular complexity index is 784. The van der Waals surface area contributed by atoms with Gasteiger partial charge in [-0.25, -0.2) is 9.48 Å². The number of aromatic nitrogens is 2. The van der Waals surface area contributed by atoms with Gasteiger partial charge >= 0.3 is 12.1 Å². The molecule has 1 heterocycles. The summed E-state index contributed by atoms with van der Waals surface area (Å²) in [5.74, 6) is -2.50. The molecule has 0 N–H and O–H groups in total. The van der Waals surface area contributed by atoms with Crippen LogP contribution in [0.15, 0.2) is 18.2 Å². The van der Waals surface area contributed by atoms with Gasteiger partial charge in [-0.2, -0.15) is 18.3 Å². The highest BCUT2D eigenvalue weighted by atomic mass is 35.5. The van der Waals surface area contributed by atoms with Gasteiger partial charge in [0.1, 0.15) is 0 Å². The van der Waals surface area contributed by atoms with Gasteiger partial charge in [0.05, 0.1) is 11.7 Å². The zero-order valence-corrected chi connectivity index (χ0v) is 14.3. The van der Waals surface area contributed by atoms with Crippen LogP contribution in [-0.2, 0) is 4.79 Å². The van der Waals surface area contributed by atoms with E-state index in [-0.39, 0.29) is 5.88 Å². The Labute approximate surface area is 142 Å². The van der Waals surface area contributed by atoms with Gasteiger partial charge in [0.25, 0.3) is 0 Å². The molecule has 0 amide bonds. The number of hydrogen-bond donors (Lipinski definition) is 0. The van der Waals surface area contributed by atoms with Crippen molar-refractivity contribution in [1.29, 1.82) is 0 Å². The molecule has 24 heavy (non-hydrogen) atoms. The second kappa shape index (κ2) is 6.47. The zero-order valence-electron chi connectivity index (χ0n) is 13.5. The quantitative estimate of drug-likeness (QED) is 0.755. The molecule has 2 rings (SSSR count). The standard InChI is InChI=1S/C16H16ClF3N2O2/c1-8-5-6-12(7-13(8)17)11(4)22-14(9(2)10(3)21-22)24-15(23)16(18,19)20/h5-7,11H,1-4H3. The Hall–Kier alpha value is -2.02. The second-order valence-electron chi connectivity index (χ2n) is 5.53. The van der Waals surface area contributed by atoms with Gasteiger partial charge in [-0.15, -0.1) is 0 Å². The average Bonchev–Trinajstić information content (AvgIpc) is 2.76. The van der Waals surface area contributed by atoms with E-state index in [4.69, 9.17) is 11.6 Å². The molecule has 1 aromatic heterocycles. The van der Waals surface area contributed by atoms with Crippen LogP contribution in [-0.4, -0.2) is 21.9 Å². The maximum atomic E-state index is 12.5. The smallest absolute Gasteiger partial charge is 0.401 e. The molecular weight excluding hydrogens is 345 g/mol. The van der Waals surface area contributed by atoms with Crippen molar-refractivity contribution in [3.8, 4) is 5.88 Å². The van der Waals surface area contributed by atoms with E-state index in [1.165, 1.54) is 4.68 Å². The Kier molecular flexibility index (Phi) is 4.94. The van der Waals surface area contributed by atoms with E-state index in [1.807, 2.05) is 6.92 Å². The van der Waals surface area contributed by atoms with Crippen LogP contribution >= 0.6 is 11.6 Å². The Balaban J connectivity index is 2.44. The fraction of sp³-hybridized carbons (Fsp3) is 0.375. The van der Waals surface area contributed by atoms with Gasteiger partial charge in [-0.3, -0.25) is 0 Å². The van der Waals surface area contributed by atoms with Gasteiger partial charge in [0.15, 0.2) is 0 Å². The lowest BCUT2D eigenvalue weighted by Crippen LogP contribution is -2.29. The van der Waals surface area contributed by atoms with Crippen LogP contribution in [0.3, 0.4) is 0 Å². The molecule has 130 valence electrons. The number of hydrogen-bond acceptors (Lipinski definition) is 3. The second-order valence-corrected chi connectivity index (χ2v) is 5.94. The van der Waals surface area contributed by atoms with E-state index < -0.39 is 18.2 Å². The Morgan fingerprint density at radius 1 is 1.29 bits per heavy atom. The van der Waals surface area contributed by atoms with E-state index in [9.17, 15) is 18.0 Å². The maximum Gasteiger partial charge on any atom is 0.491 e.